The molecule has 2 aromatic rings. The molecule has 28 heavy (non-hydrogen) atoms. The van der Waals surface area contributed by atoms with Gasteiger partial charge >= 0.3 is 0 Å². The molecule has 1 atom stereocenters. The van der Waals surface area contributed by atoms with E-state index >= 15 is 0 Å². The Labute approximate surface area is 174 Å². The maximum Gasteiger partial charge on any atom is 0.232 e. The number of amides is 1. The molecule has 5 heteroatoms. The lowest BCUT2D eigenvalue weighted by Crippen LogP contribution is -2.41. The van der Waals surface area contributed by atoms with Crippen molar-refractivity contribution >= 4 is 46.7 Å². The number of nitrogens with zero attached hydrogens (tertiary/aromatic N) is 1. The van der Waals surface area contributed by atoms with E-state index in [9.17, 15) is 9.59 Å². The minimum atomic E-state index is -0.210. The van der Waals surface area contributed by atoms with Crippen molar-refractivity contribution < 1.29 is 9.59 Å². The highest BCUT2D eigenvalue weighted by molar-refractivity contribution is 6.37. The summed E-state index contributed by atoms with van der Waals surface area (Å²) in [5.74, 6) is -0.148. The monoisotopic (exact) mass is 411 g/mol. The van der Waals surface area contributed by atoms with Gasteiger partial charge in [0.15, 0.2) is 5.78 Å². The molecule has 0 fully saturated rings. The van der Waals surface area contributed by atoms with Crippen molar-refractivity contribution in [1.29, 1.82) is 0 Å². The Balaban J connectivity index is 1.77. The zero-order valence-corrected chi connectivity index (χ0v) is 16.7. The number of halogens is 2. The second-order valence-corrected chi connectivity index (χ2v) is 7.89. The van der Waals surface area contributed by atoms with Crippen LogP contribution in [0, 0.1) is 5.92 Å². The zero-order chi connectivity index (χ0) is 19.7. The molecule has 1 unspecified atom stereocenters. The van der Waals surface area contributed by atoms with E-state index in [-0.39, 0.29) is 24.0 Å². The smallest absolute Gasteiger partial charge is 0.232 e. The van der Waals surface area contributed by atoms with Gasteiger partial charge in [-0.25, -0.2) is 0 Å². The Bertz CT molecular complexity index is 995. The van der Waals surface area contributed by atoms with E-state index in [1.165, 1.54) is 0 Å². The number of carbonyl (C=O) groups is 2. The number of rotatable bonds is 3. The fraction of sp³-hybridized carbons (Fsp3) is 0.217. The van der Waals surface area contributed by atoms with Crippen molar-refractivity contribution in [1.82, 2.24) is 0 Å². The van der Waals surface area contributed by atoms with Gasteiger partial charge in [0.2, 0.25) is 5.91 Å². The van der Waals surface area contributed by atoms with Gasteiger partial charge in [-0.1, -0.05) is 65.7 Å². The molecule has 0 saturated heterocycles. The highest BCUT2D eigenvalue weighted by Gasteiger charge is 2.38. The summed E-state index contributed by atoms with van der Waals surface area (Å²) in [4.78, 5) is 27.5. The van der Waals surface area contributed by atoms with Crippen molar-refractivity contribution in [3.05, 3.63) is 81.5 Å². The van der Waals surface area contributed by atoms with E-state index in [4.69, 9.17) is 23.2 Å². The molecular formula is C23H19Cl2NO2. The molecule has 2 aromatic carbocycles. The van der Waals surface area contributed by atoms with Gasteiger partial charge in [-0.15, -0.1) is 0 Å². The first kappa shape index (κ1) is 19.0. The average Bonchev–Trinajstić information content (AvgIpc) is 2.68. The first-order valence-corrected chi connectivity index (χ1v) is 10.1. The molecule has 0 aromatic heterocycles. The molecule has 1 heterocycles. The zero-order valence-electron chi connectivity index (χ0n) is 15.2. The third-order valence-electron chi connectivity index (χ3n) is 5.18. The van der Waals surface area contributed by atoms with Gasteiger partial charge in [-0.2, -0.15) is 0 Å². The summed E-state index contributed by atoms with van der Waals surface area (Å²) in [6.45, 7) is 0. The van der Waals surface area contributed by atoms with Crippen LogP contribution in [-0.4, -0.2) is 11.7 Å². The van der Waals surface area contributed by atoms with Gasteiger partial charge < -0.3 is 0 Å². The summed E-state index contributed by atoms with van der Waals surface area (Å²) < 4.78 is 0. The van der Waals surface area contributed by atoms with Crippen LogP contribution in [0.15, 0.2) is 65.9 Å². The van der Waals surface area contributed by atoms with Crippen LogP contribution in [0.1, 0.15) is 31.2 Å². The third-order valence-corrected chi connectivity index (χ3v) is 5.72. The fourth-order valence-electron chi connectivity index (χ4n) is 3.93. The predicted octanol–water partition coefficient (Wildman–Crippen LogP) is 6.07. The number of ketones is 1. The highest BCUT2D eigenvalue weighted by Crippen LogP contribution is 2.42. The molecule has 142 valence electrons. The van der Waals surface area contributed by atoms with E-state index in [0.717, 1.165) is 23.3 Å². The molecule has 2 aliphatic rings. The Morgan fingerprint density at radius 2 is 1.79 bits per heavy atom. The van der Waals surface area contributed by atoms with Crippen molar-refractivity contribution in [2.75, 3.05) is 4.90 Å². The van der Waals surface area contributed by atoms with Crippen LogP contribution in [0.4, 0.5) is 5.69 Å². The third kappa shape index (κ3) is 3.65. The molecule has 4 rings (SSSR count). The number of benzene rings is 2. The van der Waals surface area contributed by atoms with Crippen LogP contribution in [0.25, 0.3) is 6.08 Å². The van der Waals surface area contributed by atoms with Crippen molar-refractivity contribution in [3.8, 4) is 0 Å². The average molecular weight is 412 g/mol. The lowest BCUT2D eigenvalue weighted by molar-refractivity contribution is -0.120. The van der Waals surface area contributed by atoms with Crippen LogP contribution >= 0.6 is 23.2 Å². The molecule has 1 amide bonds. The normalized spacial score (nSPS) is 20.1. The van der Waals surface area contributed by atoms with Crippen LogP contribution < -0.4 is 4.90 Å². The molecular weight excluding hydrogens is 393 g/mol. The molecule has 0 N–H and O–H groups in total. The topological polar surface area (TPSA) is 37.4 Å². The number of Topliss-reactive ketones (excluding diaryl/α,β-unsaturated/α-hetero) is 1. The Hall–Kier alpha value is -2.36. The summed E-state index contributed by atoms with van der Waals surface area (Å²) in [6.07, 6.45) is 6.14. The lowest BCUT2D eigenvalue weighted by Gasteiger charge is -2.37. The largest absolute Gasteiger partial charge is 0.294 e. The van der Waals surface area contributed by atoms with Gasteiger partial charge in [-0.3, -0.25) is 14.5 Å². The number of carbonyl (C=O) groups excluding carboxylic acids is 2. The van der Waals surface area contributed by atoms with Crippen LogP contribution in [-0.2, 0) is 9.59 Å². The second-order valence-electron chi connectivity index (χ2n) is 7.04. The van der Waals surface area contributed by atoms with Gasteiger partial charge in [-0.05, 0) is 36.6 Å². The first-order valence-electron chi connectivity index (χ1n) is 9.32. The summed E-state index contributed by atoms with van der Waals surface area (Å²) in [5, 5.41) is 0.916. The van der Waals surface area contributed by atoms with E-state index in [1.807, 2.05) is 42.5 Å². The number of anilines is 1. The summed E-state index contributed by atoms with van der Waals surface area (Å²) in [7, 11) is 0. The van der Waals surface area contributed by atoms with E-state index in [0.29, 0.717) is 28.6 Å². The van der Waals surface area contributed by atoms with Crippen LogP contribution in [0.3, 0.4) is 0 Å². The van der Waals surface area contributed by atoms with Gasteiger partial charge in [0.25, 0.3) is 0 Å². The Morgan fingerprint density at radius 1 is 1.00 bits per heavy atom. The highest BCUT2D eigenvalue weighted by atomic mass is 35.5. The Kier molecular flexibility index (Phi) is 5.38. The first-order chi connectivity index (χ1) is 13.5. The SMILES string of the molecule is O=C1CCCC2=C1C(/C=C/c1ccccc1)CC(=O)N2c1ccc(Cl)cc1Cl. The van der Waals surface area contributed by atoms with Gasteiger partial charge in [0, 0.05) is 35.1 Å². The number of hydrogen-bond acceptors (Lipinski definition) is 2. The fourth-order valence-corrected chi connectivity index (χ4v) is 4.42. The minimum Gasteiger partial charge on any atom is -0.294 e. The standard InChI is InChI=1S/C23H19Cl2NO2/c24-17-11-12-19(18(25)14-17)26-20-7-4-8-21(27)23(20)16(13-22(26)28)10-9-15-5-2-1-3-6-15/h1-3,5-6,9-12,14,16H,4,7-8,13H2/b10-9+. The molecule has 0 spiro atoms. The summed E-state index contributed by atoms with van der Waals surface area (Å²) >= 11 is 12.4. The Morgan fingerprint density at radius 3 is 2.54 bits per heavy atom. The second kappa shape index (κ2) is 7.94. The van der Waals surface area contributed by atoms with Gasteiger partial charge in [0.1, 0.15) is 0 Å². The molecule has 1 aliphatic carbocycles. The predicted molar refractivity (Wildman–Crippen MR) is 113 cm³/mol. The van der Waals surface area contributed by atoms with E-state index in [1.54, 1.807) is 23.1 Å². The molecule has 1 aliphatic heterocycles. The number of hydrogen-bond donors (Lipinski definition) is 0. The lowest BCUT2D eigenvalue weighted by atomic mass is 9.80. The maximum atomic E-state index is 13.1. The summed E-state index contributed by atoms with van der Waals surface area (Å²) in [6, 6.07) is 15.0. The minimum absolute atomic E-state index is 0.0552. The van der Waals surface area contributed by atoms with E-state index in [2.05, 4.69) is 0 Å². The maximum absolute atomic E-state index is 13.1. The van der Waals surface area contributed by atoms with E-state index < -0.39 is 0 Å². The quantitative estimate of drug-likeness (QED) is 0.614. The molecule has 0 saturated carbocycles. The summed E-state index contributed by atoms with van der Waals surface area (Å²) in [5.41, 5.74) is 3.15. The van der Waals surface area contributed by atoms with Crippen LogP contribution in [0.2, 0.25) is 10.0 Å². The molecule has 0 bridgehead atoms. The molecule has 0 radical (unpaired) electrons. The van der Waals surface area contributed by atoms with Crippen molar-refractivity contribution in [2.45, 2.75) is 25.7 Å². The molecule has 3 nitrogen and oxygen atoms in total. The number of allylic oxidation sites excluding steroid dienone is 3. The van der Waals surface area contributed by atoms with Crippen LogP contribution in [0.5, 0.6) is 0 Å². The van der Waals surface area contributed by atoms with Crippen molar-refractivity contribution in [3.63, 3.8) is 0 Å². The van der Waals surface area contributed by atoms with Gasteiger partial charge in [0.05, 0.1) is 10.7 Å². The van der Waals surface area contributed by atoms with Crippen molar-refractivity contribution in [2.24, 2.45) is 5.92 Å².